The Balaban J connectivity index is 2.43. The summed E-state index contributed by atoms with van der Waals surface area (Å²) in [4.78, 5) is 0. The van der Waals surface area contributed by atoms with E-state index in [1.807, 2.05) is 24.3 Å². The van der Waals surface area contributed by atoms with Crippen molar-refractivity contribution in [1.82, 2.24) is 0 Å². The highest BCUT2D eigenvalue weighted by molar-refractivity contribution is 5.37. The number of fused-ring (bicyclic) bond motifs is 1. The molecular formula is C10H13NO2. The van der Waals surface area contributed by atoms with Crippen molar-refractivity contribution in [2.75, 3.05) is 0 Å². The molecule has 0 spiro atoms. The molecule has 13 heavy (non-hydrogen) atoms. The maximum Gasteiger partial charge on any atom is 0.207 e. The summed E-state index contributed by atoms with van der Waals surface area (Å²) in [5.74, 6) is -0.445. The normalized spacial score (nSPS) is 32.1. The first kappa shape index (κ1) is 8.53. The number of aliphatic hydroxyl groups is 1. The van der Waals surface area contributed by atoms with Gasteiger partial charge >= 0.3 is 0 Å². The van der Waals surface area contributed by atoms with Gasteiger partial charge in [-0.3, -0.25) is 0 Å². The fourth-order valence-corrected chi connectivity index (χ4v) is 1.68. The van der Waals surface area contributed by atoms with E-state index in [4.69, 9.17) is 10.5 Å². The van der Waals surface area contributed by atoms with E-state index in [0.29, 0.717) is 12.2 Å². The largest absolute Gasteiger partial charge is 0.462 e. The van der Waals surface area contributed by atoms with E-state index < -0.39 is 5.79 Å². The van der Waals surface area contributed by atoms with Gasteiger partial charge in [0.2, 0.25) is 5.79 Å². The Labute approximate surface area is 77.1 Å². The zero-order valence-corrected chi connectivity index (χ0v) is 7.53. The van der Waals surface area contributed by atoms with Crippen LogP contribution in [0.5, 0.6) is 5.75 Å². The summed E-state index contributed by atoms with van der Waals surface area (Å²) in [5.41, 5.74) is 6.85. The first-order valence-electron chi connectivity index (χ1n) is 4.34. The molecule has 1 aromatic carbocycles. The van der Waals surface area contributed by atoms with Gasteiger partial charge in [0.15, 0.2) is 0 Å². The highest BCUT2D eigenvalue weighted by Gasteiger charge is 2.33. The van der Waals surface area contributed by atoms with Gasteiger partial charge in [-0.25, -0.2) is 0 Å². The van der Waals surface area contributed by atoms with E-state index in [2.05, 4.69) is 0 Å². The third kappa shape index (κ3) is 1.53. The van der Waals surface area contributed by atoms with Crippen molar-refractivity contribution in [2.45, 2.75) is 25.2 Å². The third-order valence-corrected chi connectivity index (χ3v) is 2.25. The van der Waals surface area contributed by atoms with Crippen molar-refractivity contribution in [2.24, 2.45) is 5.73 Å². The molecule has 0 aromatic heterocycles. The summed E-state index contributed by atoms with van der Waals surface area (Å²) in [6.45, 7) is 1.63. The maximum atomic E-state index is 9.69. The molecule has 1 aliphatic heterocycles. The predicted octanol–water partition coefficient (Wildman–Crippen LogP) is 1.18. The number of ether oxygens (including phenoxy) is 1. The molecular weight excluding hydrogens is 166 g/mol. The van der Waals surface area contributed by atoms with Crippen molar-refractivity contribution in [3.8, 4) is 5.75 Å². The molecule has 0 saturated heterocycles. The van der Waals surface area contributed by atoms with E-state index in [9.17, 15) is 5.11 Å². The SMILES string of the molecule is CC1(O)CC(N)c2ccccc2O1. The quantitative estimate of drug-likeness (QED) is 0.628. The van der Waals surface area contributed by atoms with Gasteiger partial charge < -0.3 is 15.6 Å². The van der Waals surface area contributed by atoms with E-state index >= 15 is 0 Å². The highest BCUT2D eigenvalue weighted by atomic mass is 16.6. The molecule has 0 bridgehead atoms. The third-order valence-electron chi connectivity index (χ3n) is 2.25. The van der Waals surface area contributed by atoms with Crippen LogP contribution in [0.3, 0.4) is 0 Å². The minimum atomic E-state index is -1.13. The van der Waals surface area contributed by atoms with Crippen LogP contribution in [-0.2, 0) is 0 Å². The van der Waals surface area contributed by atoms with E-state index in [1.165, 1.54) is 0 Å². The smallest absolute Gasteiger partial charge is 0.207 e. The molecule has 0 saturated carbocycles. The Morgan fingerprint density at radius 1 is 1.54 bits per heavy atom. The lowest BCUT2D eigenvalue weighted by molar-refractivity contribution is -0.139. The first-order valence-corrected chi connectivity index (χ1v) is 4.34. The first-order chi connectivity index (χ1) is 6.08. The number of nitrogens with two attached hydrogens (primary N) is 1. The van der Waals surface area contributed by atoms with Crippen molar-refractivity contribution in [3.63, 3.8) is 0 Å². The molecule has 0 radical (unpaired) electrons. The molecule has 1 aromatic rings. The Morgan fingerprint density at radius 3 is 3.00 bits per heavy atom. The summed E-state index contributed by atoms with van der Waals surface area (Å²) >= 11 is 0. The number of hydrogen-bond donors (Lipinski definition) is 2. The van der Waals surface area contributed by atoms with Gasteiger partial charge in [0.05, 0.1) is 0 Å². The van der Waals surface area contributed by atoms with E-state index in [0.717, 1.165) is 5.56 Å². The van der Waals surface area contributed by atoms with Crippen molar-refractivity contribution >= 4 is 0 Å². The van der Waals surface area contributed by atoms with Gasteiger partial charge in [-0.2, -0.15) is 0 Å². The molecule has 0 aliphatic carbocycles. The number of hydrogen-bond acceptors (Lipinski definition) is 3. The second-order valence-electron chi connectivity index (χ2n) is 3.63. The molecule has 3 N–H and O–H groups in total. The van der Waals surface area contributed by atoms with Gasteiger partial charge in [0.25, 0.3) is 0 Å². The molecule has 1 aliphatic rings. The summed E-state index contributed by atoms with van der Waals surface area (Å²) in [6.07, 6.45) is 0.435. The van der Waals surface area contributed by atoms with Crippen molar-refractivity contribution in [1.29, 1.82) is 0 Å². The summed E-state index contributed by atoms with van der Waals surface area (Å²) in [7, 11) is 0. The highest BCUT2D eigenvalue weighted by Crippen LogP contribution is 2.36. The van der Waals surface area contributed by atoms with Gasteiger partial charge in [-0.1, -0.05) is 18.2 Å². The van der Waals surface area contributed by atoms with Gasteiger partial charge in [-0.05, 0) is 6.07 Å². The minimum Gasteiger partial charge on any atom is -0.462 e. The Morgan fingerprint density at radius 2 is 2.23 bits per heavy atom. The second kappa shape index (κ2) is 2.72. The van der Waals surface area contributed by atoms with Crippen LogP contribution in [0.25, 0.3) is 0 Å². The average molecular weight is 179 g/mol. The fourth-order valence-electron chi connectivity index (χ4n) is 1.68. The van der Waals surface area contributed by atoms with Crippen LogP contribution >= 0.6 is 0 Å². The lowest BCUT2D eigenvalue weighted by Crippen LogP contribution is -2.39. The van der Waals surface area contributed by atoms with Crippen molar-refractivity contribution < 1.29 is 9.84 Å². The lowest BCUT2D eigenvalue weighted by atomic mass is 9.96. The van der Waals surface area contributed by atoms with Crippen molar-refractivity contribution in [3.05, 3.63) is 29.8 Å². The van der Waals surface area contributed by atoms with Crippen LogP contribution < -0.4 is 10.5 Å². The second-order valence-corrected chi connectivity index (χ2v) is 3.63. The minimum absolute atomic E-state index is 0.139. The van der Waals surface area contributed by atoms with Crippen LogP contribution in [0.1, 0.15) is 24.9 Å². The van der Waals surface area contributed by atoms with Crippen LogP contribution in [0, 0.1) is 0 Å². The average Bonchev–Trinajstić information content (AvgIpc) is 2.02. The molecule has 0 amide bonds. The van der Waals surface area contributed by atoms with Crippen LogP contribution in [0.15, 0.2) is 24.3 Å². The standard InChI is InChI=1S/C10H13NO2/c1-10(12)6-8(11)7-4-2-3-5-9(7)13-10/h2-5,8,12H,6,11H2,1H3. The topological polar surface area (TPSA) is 55.5 Å². The van der Waals surface area contributed by atoms with E-state index in [1.54, 1.807) is 6.92 Å². The molecule has 3 nitrogen and oxygen atoms in total. The summed E-state index contributed by atoms with van der Waals surface area (Å²) in [6, 6.07) is 7.40. The van der Waals surface area contributed by atoms with E-state index in [-0.39, 0.29) is 6.04 Å². The molecule has 70 valence electrons. The zero-order chi connectivity index (χ0) is 9.47. The molecule has 3 heteroatoms. The molecule has 2 rings (SSSR count). The summed E-state index contributed by atoms with van der Waals surface area (Å²) in [5, 5.41) is 9.69. The number of para-hydroxylation sites is 1. The Bertz CT molecular complexity index is 322. The molecule has 1 heterocycles. The molecule has 0 fully saturated rings. The van der Waals surface area contributed by atoms with Gasteiger partial charge in [0, 0.05) is 24.9 Å². The molecule has 2 unspecified atom stereocenters. The maximum absolute atomic E-state index is 9.69. The number of rotatable bonds is 0. The Kier molecular flexibility index (Phi) is 1.78. The van der Waals surface area contributed by atoms with Gasteiger partial charge in [0.1, 0.15) is 5.75 Å². The lowest BCUT2D eigenvalue weighted by Gasteiger charge is -2.34. The predicted molar refractivity (Wildman–Crippen MR) is 49.2 cm³/mol. The van der Waals surface area contributed by atoms with Gasteiger partial charge in [-0.15, -0.1) is 0 Å². The molecule has 2 atom stereocenters. The number of benzene rings is 1. The Hall–Kier alpha value is -1.06. The fraction of sp³-hybridized carbons (Fsp3) is 0.400. The monoisotopic (exact) mass is 179 g/mol. The van der Waals surface area contributed by atoms with Crippen LogP contribution in [0.4, 0.5) is 0 Å². The van der Waals surface area contributed by atoms with Crippen LogP contribution in [-0.4, -0.2) is 10.9 Å². The van der Waals surface area contributed by atoms with Crippen LogP contribution in [0.2, 0.25) is 0 Å². The summed E-state index contributed by atoms with van der Waals surface area (Å²) < 4.78 is 5.37. The zero-order valence-electron chi connectivity index (χ0n) is 7.53.